The molecule has 6 nitrogen and oxygen atoms in total. The Balaban J connectivity index is 1.76. The molecule has 0 bridgehead atoms. The van der Waals surface area contributed by atoms with Crippen molar-refractivity contribution in [2.75, 3.05) is 0 Å². The fourth-order valence-corrected chi connectivity index (χ4v) is 3.33. The van der Waals surface area contributed by atoms with Crippen LogP contribution in [0.15, 0.2) is 30.3 Å². The van der Waals surface area contributed by atoms with Crippen molar-refractivity contribution in [3.05, 3.63) is 63.7 Å². The lowest BCUT2D eigenvalue weighted by Gasteiger charge is -2.15. The van der Waals surface area contributed by atoms with E-state index < -0.39 is 6.04 Å². The number of amides is 1. The molecule has 1 amide bonds. The molecule has 1 unspecified atom stereocenters. The van der Waals surface area contributed by atoms with Gasteiger partial charge in [0.25, 0.3) is 0 Å². The molecule has 0 saturated carbocycles. The zero-order chi connectivity index (χ0) is 19.7. The van der Waals surface area contributed by atoms with Gasteiger partial charge < -0.3 is 5.32 Å². The lowest BCUT2D eigenvalue weighted by molar-refractivity contribution is -0.124. The van der Waals surface area contributed by atoms with Crippen molar-refractivity contribution in [3.8, 4) is 5.69 Å². The minimum atomic E-state index is -0.444. The minimum Gasteiger partial charge on any atom is -0.350 e. The van der Waals surface area contributed by atoms with E-state index in [1.165, 1.54) is 0 Å². The molecule has 7 heteroatoms. The van der Waals surface area contributed by atoms with Crippen molar-refractivity contribution < 1.29 is 4.79 Å². The van der Waals surface area contributed by atoms with Crippen molar-refractivity contribution in [2.24, 2.45) is 0 Å². The molecular weight excluding hydrogens is 362 g/mol. The number of hydrogen-bond donors (Lipinski definition) is 1. The number of carbonyl (C=O) groups excluding carboxylic acids is 1. The van der Waals surface area contributed by atoms with Gasteiger partial charge in [0.2, 0.25) is 5.91 Å². The maximum atomic E-state index is 12.6. The lowest BCUT2D eigenvalue weighted by atomic mass is 10.2. The van der Waals surface area contributed by atoms with Gasteiger partial charge in [-0.1, -0.05) is 29.8 Å². The van der Waals surface area contributed by atoms with Crippen LogP contribution in [-0.2, 0) is 11.3 Å². The standard InChI is InChI=1S/C20H24ClN5O/c1-12-18(14(3)26(23-12)17-9-7-6-8-10-17)11-22-20(27)16(5)25-15(4)19(21)13(2)24-25/h6-10,16H,11H2,1-5H3,(H,22,27). The van der Waals surface area contributed by atoms with E-state index >= 15 is 0 Å². The van der Waals surface area contributed by atoms with E-state index in [1.807, 2.05) is 69.6 Å². The largest absolute Gasteiger partial charge is 0.350 e. The maximum Gasteiger partial charge on any atom is 0.244 e. The Morgan fingerprint density at radius 3 is 2.33 bits per heavy atom. The number of para-hydroxylation sites is 1. The van der Waals surface area contributed by atoms with Gasteiger partial charge in [0.1, 0.15) is 6.04 Å². The Kier molecular flexibility index (Phi) is 5.37. The number of nitrogens with zero attached hydrogens (tertiary/aromatic N) is 4. The third-order valence-electron chi connectivity index (χ3n) is 4.86. The molecule has 0 spiro atoms. The van der Waals surface area contributed by atoms with Gasteiger partial charge in [0.05, 0.1) is 27.8 Å². The minimum absolute atomic E-state index is 0.108. The summed E-state index contributed by atoms with van der Waals surface area (Å²) in [7, 11) is 0. The van der Waals surface area contributed by atoms with E-state index in [1.54, 1.807) is 4.68 Å². The fraction of sp³-hybridized carbons (Fsp3) is 0.350. The van der Waals surface area contributed by atoms with Gasteiger partial charge in [-0.2, -0.15) is 10.2 Å². The van der Waals surface area contributed by atoms with Gasteiger partial charge in [-0.15, -0.1) is 0 Å². The Labute approximate surface area is 164 Å². The number of carbonyl (C=O) groups is 1. The van der Waals surface area contributed by atoms with Crippen LogP contribution >= 0.6 is 11.6 Å². The van der Waals surface area contributed by atoms with Crippen LogP contribution in [0.25, 0.3) is 5.69 Å². The number of aromatic nitrogens is 4. The van der Waals surface area contributed by atoms with Crippen LogP contribution in [-0.4, -0.2) is 25.5 Å². The fourth-order valence-electron chi connectivity index (χ4n) is 3.21. The van der Waals surface area contributed by atoms with Gasteiger partial charge in [-0.25, -0.2) is 4.68 Å². The van der Waals surface area contributed by atoms with Crippen LogP contribution in [0.4, 0.5) is 0 Å². The summed E-state index contributed by atoms with van der Waals surface area (Å²) in [6, 6.07) is 9.51. The molecule has 27 heavy (non-hydrogen) atoms. The molecule has 0 saturated heterocycles. The van der Waals surface area contributed by atoms with E-state index in [-0.39, 0.29) is 5.91 Å². The second kappa shape index (κ2) is 7.56. The highest BCUT2D eigenvalue weighted by Gasteiger charge is 2.21. The van der Waals surface area contributed by atoms with Crippen molar-refractivity contribution >= 4 is 17.5 Å². The molecule has 3 rings (SSSR count). The summed E-state index contributed by atoms with van der Waals surface area (Å²) in [4.78, 5) is 12.6. The van der Waals surface area contributed by atoms with Gasteiger partial charge in [0.15, 0.2) is 0 Å². The number of hydrogen-bond acceptors (Lipinski definition) is 3. The molecule has 1 N–H and O–H groups in total. The summed E-state index contributed by atoms with van der Waals surface area (Å²) in [5, 5.41) is 12.6. The van der Waals surface area contributed by atoms with Crippen molar-refractivity contribution in [1.29, 1.82) is 0 Å². The molecule has 3 aromatic rings. The summed E-state index contributed by atoms with van der Waals surface area (Å²) in [5.41, 5.74) is 5.46. The van der Waals surface area contributed by atoms with Gasteiger partial charge in [-0.3, -0.25) is 9.48 Å². The Morgan fingerprint density at radius 1 is 1.07 bits per heavy atom. The Hall–Kier alpha value is -2.60. The predicted octanol–water partition coefficient (Wildman–Crippen LogP) is 3.83. The first kappa shape index (κ1) is 19.2. The second-order valence-corrected chi connectivity index (χ2v) is 7.10. The molecule has 0 aliphatic heterocycles. The van der Waals surface area contributed by atoms with Crippen molar-refractivity contribution in [3.63, 3.8) is 0 Å². The summed E-state index contributed by atoms with van der Waals surface area (Å²) in [5.74, 6) is -0.108. The van der Waals surface area contributed by atoms with Crippen molar-refractivity contribution in [2.45, 2.75) is 47.2 Å². The molecular formula is C20H24ClN5O. The van der Waals surface area contributed by atoms with Crippen LogP contribution < -0.4 is 5.32 Å². The molecule has 0 aliphatic rings. The first-order chi connectivity index (χ1) is 12.8. The van der Waals surface area contributed by atoms with E-state index in [0.29, 0.717) is 11.6 Å². The number of rotatable bonds is 5. The third-order valence-corrected chi connectivity index (χ3v) is 5.41. The highest BCUT2D eigenvalue weighted by atomic mass is 35.5. The average Bonchev–Trinajstić information content (AvgIpc) is 3.10. The second-order valence-electron chi connectivity index (χ2n) is 6.72. The molecule has 0 radical (unpaired) electrons. The highest BCUT2D eigenvalue weighted by Crippen LogP contribution is 2.22. The van der Waals surface area contributed by atoms with E-state index in [2.05, 4.69) is 15.5 Å². The molecule has 0 fully saturated rings. The van der Waals surface area contributed by atoms with Crippen LogP contribution in [0.1, 0.15) is 41.3 Å². The van der Waals surface area contributed by atoms with E-state index in [0.717, 1.165) is 34.0 Å². The highest BCUT2D eigenvalue weighted by molar-refractivity contribution is 6.31. The number of benzene rings is 1. The number of aryl methyl sites for hydroxylation is 2. The average molecular weight is 386 g/mol. The predicted molar refractivity (Wildman–Crippen MR) is 106 cm³/mol. The van der Waals surface area contributed by atoms with Crippen LogP contribution in [0.3, 0.4) is 0 Å². The normalized spacial score (nSPS) is 12.2. The molecule has 142 valence electrons. The van der Waals surface area contributed by atoms with Crippen LogP contribution in [0.5, 0.6) is 0 Å². The maximum absolute atomic E-state index is 12.6. The van der Waals surface area contributed by atoms with E-state index in [4.69, 9.17) is 11.6 Å². The van der Waals surface area contributed by atoms with Crippen LogP contribution in [0.2, 0.25) is 5.02 Å². The first-order valence-electron chi connectivity index (χ1n) is 8.90. The smallest absolute Gasteiger partial charge is 0.244 e. The van der Waals surface area contributed by atoms with Crippen LogP contribution in [0, 0.1) is 27.7 Å². The lowest BCUT2D eigenvalue weighted by Crippen LogP contribution is -2.31. The van der Waals surface area contributed by atoms with Crippen molar-refractivity contribution in [1.82, 2.24) is 24.9 Å². The molecule has 0 aliphatic carbocycles. The summed E-state index contributed by atoms with van der Waals surface area (Å²) in [6.07, 6.45) is 0. The summed E-state index contributed by atoms with van der Waals surface area (Å²) in [6.45, 7) is 9.90. The molecule has 1 aromatic carbocycles. The van der Waals surface area contributed by atoms with Gasteiger partial charge in [-0.05, 0) is 46.8 Å². The van der Waals surface area contributed by atoms with Gasteiger partial charge >= 0.3 is 0 Å². The SMILES string of the molecule is Cc1nn(C(C)C(=O)NCc2c(C)nn(-c3ccccc3)c2C)c(C)c1Cl. The zero-order valence-electron chi connectivity index (χ0n) is 16.2. The Bertz CT molecular complexity index is 974. The topological polar surface area (TPSA) is 64.7 Å². The quantitative estimate of drug-likeness (QED) is 0.725. The first-order valence-corrected chi connectivity index (χ1v) is 9.28. The molecule has 2 heterocycles. The zero-order valence-corrected chi connectivity index (χ0v) is 17.0. The monoisotopic (exact) mass is 385 g/mol. The van der Waals surface area contributed by atoms with E-state index in [9.17, 15) is 4.79 Å². The third kappa shape index (κ3) is 3.62. The summed E-state index contributed by atoms with van der Waals surface area (Å²) >= 11 is 6.20. The molecule has 1 atom stereocenters. The molecule has 2 aromatic heterocycles. The Morgan fingerprint density at radius 2 is 1.74 bits per heavy atom. The van der Waals surface area contributed by atoms with Gasteiger partial charge in [0, 0.05) is 17.8 Å². The number of halogens is 1. The number of nitrogens with one attached hydrogen (secondary N) is 1. The summed E-state index contributed by atoms with van der Waals surface area (Å²) < 4.78 is 3.57.